The number of aliphatic hydroxyl groups is 1. The molecule has 0 bridgehead atoms. The molecule has 35 heavy (non-hydrogen) atoms. The molecular weight excluding hydrogens is 534 g/mol. The molecule has 1 aromatic carbocycles. The Morgan fingerprint density at radius 2 is 1.97 bits per heavy atom. The van der Waals surface area contributed by atoms with Gasteiger partial charge in [-0.2, -0.15) is 0 Å². The van der Waals surface area contributed by atoms with Crippen molar-refractivity contribution >= 4 is 39.7 Å². The number of benzene rings is 1. The molecule has 2 atom stereocenters. The molecule has 2 aromatic rings. The van der Waals surface area contributed by atoms with Gasteiger partial charge in [0.25, 0.3) is 5.56 Å². The number of aryl methyl sites for hydroxylation is 1. The first kappa shape index (κ1) is 25.8. The van der Waals surface area contributed by atoms with Gasteiger partial charge in [0.05, 0.1) is 12.5 Å². The summed E-state index contributed by atoms with van der Waals surface area (Å²) in [7, 11) is 1.68. The highest BCUT2D eigenvalue weighted by Crippen LogP contribution is 2.38. The molecular formula is C25H30BrN3O5S. The van der Waals surface area contributed by atoms with E-state index >= 15 is 0 Å². The minimum atomic E-state index is -1.03. The summed E-state index contributed by atoms with van der Waals surface area (Å²) < 4.78 is 2.40. The van der Waals surface area contributed by atoms with Crippen molar-refractivity contribution in [2.45, 2.75) is 42.7 Å². The van der Waals surface area contributed by atoms with Crippen molar-refractivity contribution in [2.24, 2.45) is 13.0 Å². The topological polar surface area (TPSA) is 103 Å². The van der Waals surface area contributed by atoms with E-state index in [1.165, 1.54) is 9.47 Å². The molecule has 2 aliphatic rings. The van der Waals surface area contributed by atoms with Gasteiger partial charge in [0.1, 0.15) is 0 Å². The Bertz CT molecular complexity index is 1150. The van der Waals surface area contributed by atoms with E-state index in [0.29, 0.717) is 25.3 Å². The molecule has 2 fully saturated rings. The number of amides is 2. The van der Waals surface area contributed by atoms with Crippen LogP contribution in [0.3, 0.4) is 0 Å². The molecule has 2 N–H and O–H groups in total. The molecule has 188 valence electrons. The van der Waals surface area contributed by atoms with Crippen molar-refractivity contribution < 1.29 is 19.8 Å². The summed E-state index contributed by atoms with van der Waals surface area (Å²) in [5.41, 5.74) is 1.63. The third-order valence-corrected chi connectivity index (χ3v) is 8.09. The quantitative estimate of drug-likeness (QED) is 0.476. The monoisotopic (exact) mass is 563 g/mol. The normalized spacial score (nSPS) is 20.0. The molecule has 4 rings (SSSR count). The van der Waals surface area contributed by atoms with Crippen LogP contribution in [0, 0.1) is 5.92 Å². The van der Waals surface area contributed by atoms with E-state index in [-0.39, 0.29) is 36.6 Å². The second kappa shape index (κ2) is 11.2. The van der Waals surface area contributed by atoms with Crippen LogP contribution in [0.5, 0.6) is 0 Å². The number of rotatable bonds is 8. The molecule has 10 heteroatoms. The average molecular weight is 565 g/mol. The van der Waals surface area contributed by atoms with Crippen LogP contribution in [0.1, 0.15) is 36.3 Å². The number of piperidine rings is 1. The van der Waals surface area contributed by atoms with Crippen molar-refractivity contribution in [3.05, 3.63) is 62.5 Å². The summed E-state index contributed by atoms with van der Waals surface area (Å²) in [6.07, 6.45) is 3.03. The van der Waals surface area contributed by atoms with Crippen molar-refractivity contribution in [1.82, 2.24) is 14.4 Å². The largest absolute Gasteiger partial charge is 0.465 e. The maximum absolute atomic E-state index is 14.0. The van der Waals surface area contributed by atoms with E-state index in [2.05, 4.69) is 15.9 Å². The molecule has 1 aliphatic carbocycles. The van der Waals surface area contributed by atoms with Crippen LogP contribution in [0.4, 0.5) is 4.79 Å². The highest BCUT2D eigenvalue weighted by Gasteiger charge is 2.42. The number of aromatic nitrogens is 1. The minimum absolute atomic E-state index is 0.0614. The number of likely N-dealkylation sites (tertiary alicyclic amines) is 1. The molecule has 2 unspecified atom stereocenters. The van der Waals surface area contributed by atoms with E-state index in [4.69, 9.17) is 5.11 Å². The maximum Gasteiger partial charge on any atom is 0.407 e. The SMILES string of the molecule is Cn1ccc(C2CCN(C(=O)O)CC2C(=O)N(Cc2cc(Br)cc(SCCO)c2)C2CC2)cc1=O. The smallest absolute Gasteiger partial charge is 0.407 e. The molecule has 8 nitrogen and oxygen atoms in total. The Hall–Kier alpha value is -2.30. The van der Waals surface area contributed by atoms with Crippen LogP contribution in [0.25, 0.3) is 0 Å². The molecule has 1 aromatic heterocycles. The number of carbonyl (C=O) groups excluding carboxylic acids is 1. The zero-order valence-electron chi connectivity index (χ0n) is 19.6. The lowest BCUT2D eigenvalue weighted by molar-refractivity contribution is -0.139. The number of carboxylic acid groups (broad SMARTS) is 1. The Morgan fingerprint density at radius 1 is 1.20 bits per heavy atom. The van der Waals surface area contributed by atoms with E-state index < -0.39 is 12.0 Å². The molecule has 0 spiro atoms. The second-order valence-electron chi connectivity index (χ2n) is 9.20. The van der Waals surface area contributed by atoms with Crippen LogP contribution in [-0.2, 0) is 18.4 Å². The summed E-state index contributed by atoms with van der Waals surface area (Å²) in [6.45, 7) is 0.972. The Balaban J connectivity index is 1.62. The maximum atomic E-state index is 14.0. The lowest BCUT2D eigenvalue weighted by atomic mass is 9.80. The van der Waals surface area contributed by atoms with Crippen molar-refractivity contribution in [3.63, 3.8) is 0 Å². The first-order valence-corrected chi connectivity index (χ1v) is 13.5. The summed E-state index contributed by atoms with van der Waals surface area (Å²) >= 11 is 5.11. The summed E-state index contributed by atoms with van der Waals surface area (Å²) in [4.78, 5) is 42.3. The molecule has 2 amide bonds. The van der Waals surface area contributed by atoms with E-state index in [1.807, 2.05) is 29.2 Å². The first-order chi connectivity index (χ1) is 16.8. The number of aliphatic hydroxyl groups excluding tert-OH is 1. The third kappa shape index (κ3) is 6.29. The van der Waals surface area contributed by atoms with Gasteiger partial charge in [-0.25, -0.2) is 4.79 Å². The van der Waals surface area contributed by atoms with E-state index in [0.717, 1.165) is 33.3 Å². The van der Waals surface area contributed by atoms with Gasteiger partial charge in [-0.3, -0.25) is 9.59 Å². The Labute approximate surface area is 217 Å². The second-order valence-corrected chi connectivity index (χ2v) is 11.3. The fraction of sp³-hybridized carbons (Fsp3) is 0.480. The molecule has 1 saturated carbocycles. The van der Waals surface area contributed by atoms with Gasteiger partial charge in [0.2, 0.25) is 5.91 Å². The van der Waals surface area contributed by atoms with E-state index in [9.17, 15) is 19.5 Å². The molecule has 1 saturated heterocycles. The third-order valence-electron chi connectivity index (χ3n) is 6.67. The number of pyridine rings is 1. The number of nitrogens with zero attached hydrogens (tertiary/aromatic N) is 3. The van der Waals surface area contributed by atoms with Gasteiger partial charge >= 0.3 is 6.09 Å². The molecule has 1 aliphatic heterocycles. The first-order valence-electron chi connectivity index (χ1n) is 11.7. The average Bonchev–Trinajstić information content (AvgIpc) is 3.67. The van der Waals surface area contributed by atoms with Crippen molar-refractivity contribution in [3.8, 4) is 0 Å². The van der Waals surface area contributed by atoms with E-state index in [1.54, 1.807) is 31.1 Å². The number of hydrogen-bond donors (Lipinski definition) is 2. The number of thioether (sulfide) groups is 1. The Morgan fingerprint density at radius 3 is 2.63 bits per heavy atom. The van der Waals surface area contributed by atoms with Crippen LogP contribution >= 0.6 is 27.7 Å². The molecule has 2 heterocycles. The summed E-state index contributed by atoms with van der Waals surface area (Å²) in [6, 6.07) is 9.60. The highest BCUT2D eigenvalue weighted by atomic mass is 79.9. The fourth-order valence-corrected chi connectivity index (χ4v) is 6.18. The van der Waals surface area contributed by atoms with Gasteiger partial charge < -0.3 is 24.6 Å². The lowest BCUT2D eigenvalue weighted by Gasteiger charge is -2.39. The highest BCUT2D eigenvalue weighted by molar-refractivity contribution is 9.10. The van der Waals surface area contributed by atoms with Gasteiger partial charge in [-0.05, 0) is 60.6 Å². The predicted molar refractivity (Wildman–Crippen MR) is 138 cm³/mol. The van der Waals surface area contributed by atoms with Gasteiger partial charge in [-0.15, -0.1) is 11.8 Å². The van der Waals surface area contributed by atoms with Crippen LogP contribution < -0.4 is 5.56 Å². The summed E-state index contributed by atoms with van der Waals surface area (Å²) in [5, 5.41) is 18.8. The standard InChI is InChI=1S/C25H30BrN3O5S/c1-27-6-4-17(12-23(27)31)21-5-7-28(25(33)34)15-22(21)24(32)29(19-2-3-19)14-16-10-18(26)13-20(11-16)35-9-8-30/h4,6,10-13,19,21-22,30H,2-3,5,7-9,14-15H2,1H3,(H,33,34). The number of hydrogen-bond acceptors (Lipinski definition) is 5. The van der Waals surface area contributed by atoms with Crippen LogP contribution in [-0.4, -0.2) is 68.1 Å². The molecule has 0 radical (unpaired) electrons. The number of carbonyl (C=O) groups is 2. The number of halogens is 1. The van der Waals surface area contributed by atoms with Gasteiger partial charge in [0.15, 0.2) is 0 Å². The predicted octanol–water partition coefficient (Wildman–Crippen LogP) is 3.51. The zero-order chi connectivity index (χ0) is 25.1. The lowest BCUT2D eigenvalue weighted by Crippen LogP contribution is -2.50. The summed E-state index contributed by atoms with van der Waals surface area (Å²) in [5.74, 6) is -0.241. The van der Waals surface area contributed by atoms with Crippen molar-refractivity contribution in [1.29, 1.82) is 0 Å². The zero-order valence-corrected chi connectivity index (χ0v) is 22.0. The van der Waals surface area contributed by atoms with Crippen LogP contribution in [0.15, 0.2) is 50.7 Å². The Kier molecular flexibility index (Phi) is 8.23. The van der Waals surface area contributed by atoms with Gasteiger partial charge in [-0.1, -0.05) is 15.9 Å². The fourth-order valence-electron chi connectivity index (χ4n) is 4.71. The van der Waals surface area contributed by atoms with Crippen LogP contribution in [0.2, 0.25) is 0 Å². The van der Waals surface area contributed by atoms with Crippen molar-refractivity contribution in [2.75, 3.05) is 25.4 Å². The van der Waals surface area contributed by atoms with Gasteiger partial charge in [0, 0.05) is 60.1 Å². The minimum Gasteiger partial charge on any atom is -0.465 e.